The molecule has 0 spiro atoms. The van der Waals surface area contributed by atoms with Crippen LogP contribution in [0.25, 0.3) is 5.57 Å². The molecular weight excluding hydrogens is 563 g/mol. The fourth-order valence-corrected chi connectivity index (χ4v) is 13.2. The lowest BCUT2D eigenvalue weighted by Crippen LogP contribution is -2.67. The van der Waals surface area contributed by atoms with Gasteiger partial charge in [-0.2, -0.15) is 0 Å². The number of hydrogen-bond acceptors (Lipinski definition) is 3. The molecule has 5 nitrogen and oxygen atoms in total. The number of carboxylic acids is 1. The summed E-state index contributed by atoms with van der Waals surface area (Å²) in [6, 6.07) is 4.70. The van der Waals surface area contributed by atoms with Crippen molar-refractivity contribution in [1.82, 2.24) is 10.2 Å². The van der Waals surface area contributed by atoms with Gasteiger partial charge in [-0.25, -0.2) is 9.18 Å². The third-order valence-electron chi connectivity index (χ3n) is 15.5. The first-order chi connectivity index (χ1) is 21.3. The number of fused-ring (bicyclic) bond motifs is 7. The molecule has 1 amide bonds. The summed E-state index contributed by atoms with van der Waals surface area (Å²) < 4.78 is 14.8. The van der Waals surface area contributed by atoms with Crippen LogP contribution in [0.4, 0.5) is 4.39 Å². The van der Waals surface area contributed by atoms with Crippen LogP contribution in [0.1, 0.15) is 128 Å². The largest absolute Gasteiger partial charge is 0.478 e. The van der Waals surface area contributed by atoms with Crippen molar-refractivity contribution >= 4 is 17.4 Å². The van der Waals surface area contributed by atoms with Gasteiger partial charge in [-0.05, 0) is 133 Å². The van der Waals surface area contributed by atoms with E-state index in [9.17, 15) is 19.1 Å². The quantitative estimate of drug-likeness (QED) is 0.336. The van der Waals surface area contributed by atoms with Crippen molar-refractivity contribution in [3.8, 4) is 0 Å². The minimum Gasteiger partial charge on any atom is -0.478 e. The predicted molar refractivity (Wildman–Crippen MR) is 176 cm³/mol. The second-order valence-electron chi connectivity index (χ2n) is 17.3. The number of likely N-dealkylation sites (tertiary alicyclic amines) is 1. The number of carbonyl (C=O) groups is 2. The first kappa shape index (κ1) is 31.4. The summed E-state index contributed by atoms with van der Waals surface area (Å²) in [5.74, 6) is 1.09. The van der Waals surface area contributed by atoms with E-state index < -0.39 is 11.8 Å². The second kappa shape index (κ2) is 10.7. The van der Waals surface area contributed by atoms with Gasteiger partial charge in [0.15, 0.2) is 0 Å². The van der Waals surface area contributed by atoms with Crippen molar-refractivity contribution < 1.29 is 19.1 Å². The minimum atomic E-state index is -1.22. The number of hydrogen-bond donors (Lipinski definition) is 2. The molecule has 1 heterocycles. The summed E-state index contributed by atoms with van der Waals surface area (Å²) in [6.07, 6.45) is 16.7. The Balaban J connectivity index is 1.14. The van der Waals surface area contributed by atoms with E-state index in [2.05, 4.69) is 50.9 Å². The maximum Gasteiger partial charge on any atom is 0.338 e. The average Bonchev–Trinajstić information content (AvgIpc) is 3.59. The number of halogens is 1. The van der Waals surface area contributed by atoms with Crippen LogP contribution in [0, 0.1) is 51.1 Å². The lowest BCUT2D eigenvalue weighted by molar-refractivity contribution is -0.217. The Hall–Kier alpha value is -2.21. The van der Waals surface area contributed by atoms with Crippen molar-refractivity contribution in [2.24, 2.45) is 45.3 Å². The van der Waals surface area contributed by atoms with Gasteiger partial charge < -0.3 is 15.3 Å². The number of nitrogens with zero attached hydrogens (tertiary/aromatic N) is 1. The Morgan fingerprint density at radius 2 is 1.76 bits per heavy atom. The molecule has 7 rings (SSSR count). The SMILES string of the molecule is CC1(C)C(c2ccc(C(=O)O)c(F)c2)=CC[C@@]2(C)C1CC[C@]1(C)C2CCC2C3CCCC3(NCCN3CCCC3=O)CC[C@]21C. The predicted octanol–water partition coefficient (Wildman–Crippen LogP) is 8.34. The van der Waals surface area contributed by atoms with E-state index in [4.69, 9.17) is 0 Å². The molecule has 5 unspecified atom stereocenters. The first-order valence-corrected chi connectivity index (χ1v) is 18.0. The molecule has 1 aromatic rings. The van der Waals surface area contributed by atoms with E-state index in [1.165, 1.54) is 75.5 Å². The van der Waals surface area contributed by atoms with Crippen molar-refractivity contribution in [3.05, 3.63) is 41.2 Å². The third kappa shape index (κ3) is 4.46. The van der Waals surface area contributed by atoms with Gasteiger partial charge in [-0.3, -0.25) is 4.79 Å². The van der Waals surface area contributed by atoms with Crippen LogP contribution in [0.5, 0.6) is 0 Å². The third-order valence-corrected chi connectivity index (χ3v) is 15.5. The van der Waals surface area contributed by atoms with Gasteiger partial charge in [-0.1, -0.05) is 53.2 Å². The molecule has 1 saturated heterocycles. The highest BCUT2D eigenvalue weighted by molar-refractivity contribution is 5.88. The molecule has 0 bridgehead atoms. The van der Waals surface area contributed by atoms with Crippen LogP contribution in [0.3, 0.4) is 0 Å². The fraction of sp³-hybridized carbons (Fsp3) is 0.744. The van der Waals surface area contributed by atoms with E-state index in [0.29, 0.717) is 23.2 Å². The Morgan fingerprint density at radius 3 is 2.47 bits per heavy atom. The highest BCUT2D eigenvalue weighted by Gasteiger charge is 2.69. The Bertz CT molecular complexity index is 1420. The van der Waals surface area contributed by atoms with Crippen LogP contribution in [0.15, 0.2) is 24.3 Å². The Labute approximate surface area is 269 Å². The van der Waals surface area contributed by atoms with E-state index in [1.54, 1.807) is 0 Å². The molecule has 1 aromatic carbocycles. The number of nitrogens with one attached hydrogen (secondary N) is 1. The van der Waals surface area contributed by atoms with E-state index >= 15 is 0 Å². The number of benzene rings is 1. The smallest absolute Gasteiger partial charge is 0.338 e. The lowest BCUT2D eigenvalue weighted by atomic mass is 9.33. The van der Waals surface area contributed by atoms with Crippen LogP contribution in [0.2, 0.25) is 0 Å². The number of carboxylic acid groups (broad SMARTS) is 1. The molecule has 4 saturated carbocycles. The van der Waals surface area contributed by atoms with Crippen molar-refractivity contribution in [1.29, 1.82) is 0 Å². The zero-order chi connectivity index (χ0) is 32.0. The number of amides is 1. The molecule has 2 N–H and O–H groups in total. The van der Waals surface area contributed by atoms with Gasteiger partial charge in [0, 0.05) is 31.6 Å². The zero-order valence-corrected chi connectivity index (χ0v) is 28.3. The molecule has 6 aliphatic rings. The molecule has 0 radical (unpaired) electrons. The zero-order valence-electron chi connectivity index (χ0n) is 28.3. The maximum absolute atomic E-state index is 14.8. The summed E-state index contributed by atoms with van der Waals surface area (Å²) in [5.41, 5.74) is 2.65. The number of allylic oxidation sites excluding steroid dienone is 2. The van der Waals surface area contributed by atoms with Crippen LogP contribution < -0.4 is 5.32 Å². The van der Waals surface area contributed by atoms with Crippen LogP contribution >= 0.6 is 0 Å². The highest BCUT2D eigenvalue weighted by atomic mass is 19.1. The van der Waals surface area contributed by atoms with Gasteiger partial charge >= 0.3 is 5.97 Å². The first-order valence-electron chi connectivity index (χ1n) is 18.0. The molecule has 8 atom stereocenters. The van der Waals surface area contributed by atoms with Gasteiger partial charge in [0.25, 0.3) is 0 Å². The Kier molecular flexibility index (Phi) is 7.43. The molecule has 5 fully saturated rings. The summed E-state index contributed by atoms with van der Waals surface area (Å²) in [7, 11) is 0. The lowest BCUT2D eigenvalue weighted by Gasteiger charge is -2.72. The molecule has 1 aliphatic heterocycles. The van der Waals surface area contributed by atoms with E-state index in [1.807, 2.05) is 6.07 Å². The van der Waals surface area contributed by atoms with Gasteiger partial charge in [0.1, 0.15) is 5.82 Å². The summed E-state index contributed by atoms with van der Waals surface area (Å²) in [5, 5.41) is 13.5. The molecule has 5 aliphatic carbocycles. The Morgan fingerprint density at radius 1 is 0.956 bits per heavy atom. The average molecular weight is 619 g/mol. The highest BCUT2D eigenvalue weighted by Crippen LogP contribution is 2.76. The van der Waals surface area contributed by atoms with Crippen molar-refractivity contribution in [2.45, 2.75) is 117 Å². The summed E-state index contributed by atoms with van der Waals surface area (Å²) in [4.78, 5) is 25.8. The molecule has 246 valence electrons. The minimum absolute atomic E-state index is 0.128. The summed E-state index contributed by atoms with van der Waals surface area (Å²) >= 11 is 0. The molecule has 45 heavy (non-hydrogen) atoms. The van der Waals surface area contributed by atoms with Gasteiger partial charge in [0.2, 0.25) is 5.91 Å². The van der Waals surface area contributed by atoms with Crippen molar-refractivity contribution in [3.63, 3.8) is 0 Å². The van der Waals surface area contributed by atoms with E-state index in [-0.39, 0.29) is 27.3 Å². The fourth-order valence-electron chi connectivity index (χ4n) is 13.2. The second-order valence-corrected chi connectivity index (χ2v) is 17.3. The van der Waals surface area contributed by atoms with Gasteiger partial charge in [0.05, 0.1) is 5.56 Å². The topological polar surface area (TPSA) is 69.6 Å². The van der Waals surface area contributed by atoms with Crippen LogP contribution in [-0.4, -0.2) is 47.1 Å². The molecule has 6 heteroatoms. The number of carbonyl (C=O) groups excluding carboxylic acids is 1. The van der Waals surface area contributed by atoms with E-state index in [0.717, 1.165) is 56.3 Å². The van der Waals surface area contributed by atoms with Crippen molar-refractivity contribution in [2.75, 3.05) is 19.6 Å². The van der Waals surface area contributed by atoms with Gasteiger partial charge in [-0.15, -0.1) is 0 Å². The normalized spacial score (nSPS) is 42.0. The standard InChI is InChI=1S/C39H55FN2O3/c1-35(2)27(25-10-11-26(34(44)45)30(40)24-25)14-17-36(3)31(35)15-18-38(5)32(36)13-12-28-29-8-6-16-39(29,20-19-37(28,38)4)41-21-23-42-22-7-9-33(42)43/h10-11,14,24,28-29,31-32,41H,6-9,12-13,15-23H2,1-5H3,(H,44,45)/t28?,29?,31?,32?,36-,37+,38+,39?/m0/s1. The monoisotopic (exact) mass is 618 g/mol. The number of aromatic carboxylic acids is 1. The molecule has 0 aromatic heterocycles. The summed E-state index contributed by atoms with van der Waals surface area (Å²) in [6.45, 7) is 15.4. The van der Waals surface area contributed by atoms with Crippen LogP contribution in [-0.2, 0) is 4.79 Å². The maximum atomic E-state index is 14.8. The molecular formula is C39H55FN2O3. The number of rotatable bonds is 6.